The molecule has 3 heteroatoms. The summed E-state index contributed by atoms with van der Waals surface area (Å²) in [5.41, 5.74) is 1.20. The fourth-order valence-electron chi connectivity index (χ4n) is 2.86. The summed E-state index contributed by atoms with van der Waals surface area (Å²) in [6, 6.07) is 4.78. The number of ether oxygens (including phenoxy) is 1. The maximum Gasteiger partial charge on any atom is 0.123 e. The Morgan fingerprint density at radius 2 is 1.95 bits per heavy atom. The Kier molecular flexibility index (Phi) is 4.46. The van der Waals surface area contributed by atoms with Crippen molar-refractivity contribution in [1.29, 1.82) is 0 Å². The van der Waals surface area contributed by atoms with E-state index < -0.39 is 0 Å². The van der Waals surface area contributed by atoms with E-state index in [1.165, 1.54) is 6.07 Å². The molecule has 2 rings (SSSR count). The van der Waals surface area contributed by atoms with Crippen LogP contribution in [0, 0.1) is 5.82 Å². The van der Waals surface area contributed by atoms with Crippen molar-refractivity contribution in [3.63, 3.8) is 0 Å². The number of fused-ring (bicyclic) bond motifs is 1. The van der Waals surface area contributed by atoms with E-state index in [1.54, 1.807) is 12.1 Å². The minimum Gasteiger partial charge on any atom is -0.488 e. The monoisotopic (exact) mass is 265 g/mol. The molecule has 1 atom stereocenters. The van der Waals surface area contributed by atoms with Crippen molar-refractivity contribution < 1.29 is 9.13 Å². The molecular weight excluding hydrogens is 241 g/mol. The van der Waals surface area contributed by atoms with Gasteiger partial charge in [-0.1, -0.05) is 20.8 Å². The molecule has 106 valence electrons. The van der Waals surface area contributed by atoms with Crippen molar-refractivity contribution >= 4 is 0 Å². The van der Waals surface area contributed by atoms with Crippen LogP contribution in [-0.4, -0.2) is 18.2 Å². The molecule has 0 saturated heterocycles. The van der Waals surface area contributed by atoms with Crippen molar-refractivity contribution in [1.82, 2.24) is 5.32 Å². The maximum absolute atomic E-state index is 13.2. The molecule has 1 aliphatic rings. The normalized spacial score (nSPS) is 18.2. The molecule has 1 heterocycles. The summed E-state index contributed by atoms with van der Waals surface area (Å²) in [5.74, 6) is 0.657. The van der Waals surface area contributed by atoms with Gasteiger partial charge in [-0.3, -0.25) is 0 Å². The highest BCUT2D eigenvalue weighted by atomic mass is 19.1. The Balaban J connectivity index is 1.93. The van der Waals surface area contributed by atoms with E-state index in [9.17, 15) is 4.39 Å². The van der Waals surface area contributed by atoms with Gasteiger partial charge in [-0.25, -0.2) is 4.39 Å². The fourth-order valence-corrected chi connectivity index (χ4v) is 2.86. The van der Waals surface area contributed by atoms with E-state index in [1.807, 2.05) is 0 Å². The molecule has 1 aromatic rings. The van der Waals surface area contributed by atoms with E-state index in [2.05, 4.69) is 26.1 Å². The number of benzene rings is 1. The van der Waals surface area contributed by atoms with E-state index in [4.69, 9.17) is 4.74 Å². The minimum absolute atomic E-state index is 0.126. The first-order valence-corrected chi connectivity index (χ1v) is 7.32. The van der Waals surface area contributed by atoms with Crippen LogP contribution in [0.3, 0.4) is 0 Å². The fraction of sp³-hybridized carbons (Fsp3) is 0.625. The largest absolute Gasteiger partial charge is 0.488 e. The molecule has 0 bridgehead atoms. The van der Waals surface area contributed by atoms with Crippen molar-refractivity contribution in [2.75, 3.05) is 6.54 Å². The second kappa shape index (κ2) is 5.91. The summed E-state index contributed by atoms with van der Waals surface area (Å²) in [6.07, 6.45) is 4.28. The second-order valence-electron chi connectivity index (χ2n) is 5.42. The molecule has 0 fully saturated rings. The maximum atomic E-state index is 13.2. The lowest BCUT2D eigenvalue weighted by molar-refractivity contribution is 0.191. The zero-order chi connectivity index (χ0) is 13.9. The predicted octanol–water partition coefficient (Wildman–Crippen LogP) is 3.69. The third-order valence-electron chi connectivity index (χ3n) is 4.50. The topological polar surface area (TPSA) is 21.3 Å². The molecule has 0 spiro atoms. The Labute approximate surface area is 115 Å². The van der Waals surface area contributed by atoms with Gasteiger partial charge in [0, 0.05) is 24.1 Å². The number of nitrogens with one attached hydrogen (secondary N) is 1. The van der Waals surface area contributed by atoms with Crippen LogP contribution in [0.5, 0.6) is 5.75 Å². The van der Waals surface area contributed by atoms with Gasteiger partial charge in [-0.05, 0) is 37.5 Å². The second-order valence-corrected chi connectivity index (χ2v) is 5.42. The van der Waals surface area contributed by atoms with Crippen molar-refractivity contribution in [3.8, 4) is 5.75 Å². The molecule has 0 aromatic heterocycles. The molecule has 0 saturated carbocycles. The van der Waals surface area contributed by atoms with Crippen LogP contribution in [0.4, 0.5) is 4.39 Å². The molecular formula is C16H24FNO. The van der Waals surface area contributed by atoms with E-state index in [-0.39, 0.29) is 17.5 Å². The smallest absolute Gasteiger partial charge is 0.123 e. The molecule has 1 aromatic carbocycles. The van der Waals surface area contributed by atoms with Gasteiger partial charge in [0.1, 0.15) is 17.7 Å². The molecule has 1 unspecified atom stereocenters. The first-order valence-electron chi connectivity index (χ1n) is 7.32. The van der Waals surface area contributed by atoms with Crippen LogP contribution in [0.2, 0.25) is 0 Å². The number of halogens is 1. The number of hydrogen-bond donors (Lipinski definition) is 1. The standard InChI is InChI=1S/C16H24FNO/c1-4-16(5-2,6-3)18-11-14-10-12-9-13(17)7-8-15(12)19-14/h7-9,14,18H,4-6,10-11H2,1-3H3. The van der Waals surface area contributed by atoms with Gasteiger partial charge < -0.3 is 10.1 Å². The first kappa shape index (κ1) is 14.3. The summed E-state index contributed by atoms with van der Waals surface area (Å²) < 4.78 is 19.0. The highest BCUT2D eigenvalue weighted by Gasteiger charge is 2.28. The SMILES string of the molecule is CCC(CC)(CC)NCC1Cc2cc(F)ccc2O1. The van der Waals surface area contributed by atoms with Crippen molar-refractivity contribution in [2.45, 2.75) is 58.1 Å². The average Bonchev–Trinajstić information content (AvgIpc) is 2.83. The zero-order valence-corrected chi connectivity index (χ0v) is 12.1. The third-order valence-corrected chi connectivity index (χ3v) is 4.50. The lowest BCUT2D eigenvalue weighted by Crippen LogP contribution is -2.47. The summed E-state index contributed by atoms with van der Waals surface area (Å²) in [6.45, 7) is 7.49. The minimum atomic E-state index is -0.180. The van der Waals surface area contributed by atoms with E-state index in [0.29, 0.717) is 0 Å². The average molecular weight is 265 g/mol. The zero-order valence-electron chi connectivity index (χ0n) is 12.1. The van der Waals surface area contributed by atoms with Crippen LogP contribution in [-0.2, 0) is 6.42 Å². The summed E-state index contributed by atoms with van der Waals surface area (Å²) in [7, 11) is 0. The van der Waals surface area contributed by atoms with Gasteiger partial charge in [-0.2, -0.15) is 0 Å². The molecule has 2 nitrogen and oxygen atoms in total. The molecule has 1 N–H and O–H groups in total. The quantitative estimate of drug-likeness (QED) is 0.847. The van der Waals surface area contributed by atoms with Crippen LogP contribution < -0.4 is 10.1 Å². The molecule has 19 heavy (non-hydrogen) atoms. The van der Waals surface area contributed by atoms with Gasteiger partial charge in [0.2, 0.25) is 0 Å². The lowest BCUT2D eigenvalue weighted by Gasteiger charge is -2.33. The van der Waals surface area contributed by atoms with Gasteiger partial charge in [-0.15, -0.1) is 0 Å². The molecule has 0 radical (unpaired) electrons. The highest BCUT2D eigenvalue weighted by Crippen LogP contribution is 2.29. The Morgan fingerprint density at radius 1 is 1.26 bits per heavy atom. The van der Waals surface area contributed by atoms with E-state index in [0.717, 1.165) is 43.5 Å². The van der Waals surface area contributed by atoms with Crippen molar-refractivity contribution in [3.05, 3.63) is 29.6 Å². The Bertz CT molecular complexity index is 420. The van der Waals surface area contributed by atoms with Gasteiger partial charge in [0.05, 0.1) is 0 Å². The van der Waals surface area contributed by atoms with E-state index >= 15 is 0 Å². The predicted molar refractivity (Wildman–Crippen MR) is 76.1 cm³/mol. The van der Waals surface area contributed by atoms with Gasteiger partial charge in [0.25, 0.3) is 0 Å². The number of rotatable bonds is 6. The van der Waals surface area contributed by atoms with Crippen LogP contribution in [0.15, 0.2) is 18.2 Å². The summed E-state index contributed by atoms with van der Waals surface area (Å²) in [4.78, 5) is 0. The third kappa shape index (κ3) is 3.08. The van der Waals surface area contributed by atoms with Gasteiger partial charge >= 0.3 is 0 Å². The summed E-state index contributed by atoms with van der Waals surface area (Å²) in [5, 5.41) is 3.65. The first-order chi connectivity index (χ1) is 9.12. The number of hydrogen-bond acceptors (Lipinski definition) is 2. The molecule has 0 amide bonds. The van der Waals surface area contributed by atoms with Crippen LogP contribution in [0.25, 0.3) is 0 Å². The Hall–Kier alpha value is -1.09. The van der Waals surface area contributed by atoms with Crippen LogP contribution >= 0.6 is 0 Å². The molecule has 0 aliphatic carbocycles. The molecule has 1 aliphatic heterocycles. The van der Waals surface area contributed by atoms with Gasteiger partial charge in [0.15, 0.2) is 0 Å². The highest BCUT2D eigenvalue weighted by molar-refractivity contribution is 5.37. The van der Waals surface area contributed by atoms with Crippen molar-refractivity contribution in [2.24, 2.45) is 0 Å². The summed E-state index contributed by atoms with van der Waals surface area (Å²) >= 11 is 0. The Morgan fingerprint density at radius 3 is 2.58 bits per heavy atom. The van der Waals surface area contributed by atoms with Crippen LogP contribution in [0.1, 0.15) is 45.6 Å². The lowest BCUT2D eigenvalue weighted by atomic mass is 9.89.